The highest BCUT2D eigenvalue weighted by molar-refractivity contribution is 8.00. The fourth-order valence-electron chi connectivity index (χ4n) is 3.14. The van der Waals surface area contributed by atoms with Gasteiger partial charge in [-0.05, 0) is 42.3 Å². The number of hydrogen-bond acceptors (Lipinski definition) is 4. The van der Waals surface area contributed by atoms with Crippen LogP contribution in [0.15, 0.2) is 90.1 Å². The number of aryl methyl sites for hydroxylation is 1. The number of thioether (sulfide) groups is 1. The topological polar surface area (TPSA) is 59.8 Å². The van der Waals surface area contributed by atoms with Gasteiger partial charge in [-0.3, -0.25) is 4.79 Å². The van der Waals surface area contributed by atoms with Gasteiger partial charge in [-0.15, -0.1) is 10.2 Å². The van der Waals surface area contributed by atoms with E-state index in [1.165, 1.54) is 23.9 Å². The Morgan fingerprint density at radius 2 is 1.61 bits per heavy atom. The average molecular weight is 433 g/mol. The summed E-state index contributed by atoms with van der Waals surface area (Å²) in [6, 6.07) is 25.3. The van der Waals surface area contributed by atoms with Crippen LogP contribution < -0.4 is 5.32 Å². The summed E-state index contributed by atoms with van der Waals surface area (Å²) in [6.45, 7) is 2.51. The predicted molar refractivity (Wildman–Crippen MR) is 120 cm³/mol. The maximum absolute atomic E-state index is 13.2. The minimum atomic E-state index is -0.552. The van der Waals surface area contributed by atoms with Crippen LogP contribution >= 0.6 is 11.8 Å². The maximum atomic E-state index is 13.2. The number of carbonyl (C=O) groups is 1. The van der Waals surface area contributed by atoms with Crippen molar-refractivity contribution in [1.82, 2.24) is 14.8 Å². The Balaban J connectivity index is 1.61. The number of hydrogen-bond donors (Lipinski definition) is 1. The SMILES string of the molecule is Cc1nnc(SC(C(=O)Nc2ccc(F)cc2)c2ccccc2)n1Cc1ccccc1. The second-order valence-corrected chi connectivity index (χ2v) is 8.08. The lowest BCUT2D eigenvalue weighted by molar-refractivity contribution is -0.115. The summed E-state index contributed by atoms with van der Waals surface area (Å²) >= 11 is 1.34. The highest BCUT2D eigenvalue weighted by Gasteiger charge is 2.25. The van der Waals surface area contributed by atoms with Crippen LogP contribution in [0.4, 0.5) is 10.1 Å². The van der Waals surface area contributed by atoms with Gasteiger partial charge in [0.1, 0.15) is 16.9 Å². The fourth-order valence-corrected chi connectivity index (χ4v) is 4.23. The zero-order chi connectivity index (χ0) is 21.6. The van der Waals surface area contributed by atoms with Crippen LogP contribution in [0.25, 0.3) is 0 Å². The van der Waals surface area contributed by atoms with Gasteiger partial charge in [-0.25, -0.2) is 4.39 Å². The highest BCUT2D eigenvalue weighted by atomic mass is 32.2. The predicted octanol–water partition coefficient (Wildman–Crippen LogP) is 5.25. The van der Waals surface area contributed by atoms with Crippen molar-refractivity contribution in [2.45, 2.75) is 23.9 Å². The smallest absolute Gasteiger partial charge is 0.242 e. The van der Waals surface area contributed by atoms with Crippen LogP contribution in [0.2, 0.25) is 0 Å². The number of anilines is 1. The van der Waals surface area contributed by atoms with Crippen LogP contribution in [-0.4, -0.2) is 20.7 Å². The minimum absolute atomic E-state index is 0.213. The molecule has 7 heteroatoms. The Bertz CT molecular complexity index is 1150. The van der Waals surface area contributed by atoms with Gasteiger partial charge in [-0.1, -0.05) is 72.4 Å². The van der Waals surface area contributed by atoms with Gasteiger partial charge in [0.2, 0.25) is 5.91 Å². The fraction of sp³-hybridized carbons (Fsp3) is 0.125. The molecule has 0 spiro atoms. The molecule has 0 saturated carbocycles. The van der Waals surface area contributed by atoms with E-state index in [-0.39, 0.29) is 11.7 Å². The summed E-state index contributed by atoms with van der Waals surface area (Å²) in [4.78, 5) is 13.2. The number of benzene rings is 3. The van der Waals surface area contributed by atoms with Crippen molar-refractivity contribution >= 4 is 23.4 Å². The Morgan fingerprint density at radius 3 is 2.29 bits per heavy atom. The van der Waals surface area contributed by atoms with Gasteiger partial charge < -0.3 is 9.88 Å². The molecule has 0 aliphatic heterocycles. The molecule has 0 aliphatic rings. The number of halogens is 1. The molecule has 4 rings (SSSR count). The first kappa shape index (κ1) is 20.8. The van der Waals surface area contributed by atoms with Crippen LogP contribution in [0.5, 0.6) is 0 Å². The minimum Gasteiger partial charge on any atom is -0.325 e. The lowest BCUT2D eigenvalue weighted by Crippen LogP contribution is -2.19. The van der Waals surface area contributed by atoms with Crippen LogP contribution in [0, 0.1) is 12.7 Å². The van der Waals surface area contributed by atoms with Crippen molar-refractivity contribution < 1.29 is 9.18 Å². The number of amides is 1. The zero-order valence-corrected chi connectivity index (χ0v) is 17.7. The second kappa shape index (κ2) is 9.57. The molecule has 31 heavy (non-hydrogen) atoms. The van der Waals surface area contributed by atoms with E-state index in [1.807, 2.05) is 72.2 Å². The Hall–Kier alpha value is -3.45. The van der Waals surface area contributed by atoms with E-state index in [9.17, 15) is 9.18 Å². The van der Waals surface area contributed by atoms with E-state index < -0.39 is 5.25 Å². The van der Waals surface area contributed by atoms with Crippen molar-refractivity contribution in [3.8, 4) is 0 Å². The van der Waals surface area contributed by atoms with E-state index in [1.54, 1.807) is 12.1 Å². The van der Waals surface area contributed by atoms with Crippen LogP contribution in [-0.2, 0) is 11.3 Å². The van der Waals surface area contributed by atoms with Crippen molar-refractivity contribution in [2.24, 2.45) is 0 Å². The number of carbonyl (C=O) groups excluding carboxylic acids is 1. The molecule has 0 radical (unpaired) electrons. The van der Waals surface area contributed by atoms with Gasteiger partial charge in [-0.2, -0.15) is 0 Å². The molecule has 1 unspecified atom stereocenters. The summed E-state index contributed by atoms with van der Waals surface area (Å²) in [6.07, 6.45) is 0. The second-order valence-electron chi connectivity index (χ2n) is 7.01. The van der Waals surface area contributed by atoms with Gasteiger partial charge in [0.15, 0.2) is 5.16 Å². The third kappa shape index (κ3) is 5.19. The Morgan fingerprint density at radius 1 is 0.968 bits per heavy atom. The molecule has 0 fully saturated rings. The first-order valence-electron chi connectivity index (χ1n) is 9.82. The molecule has 0 saturated heterocycles. The summed E-state index contributed by atoms with van der Waals surface area (Å²) in [5, 5.41) is 11.5. The van der Waals surface area contributed by atoms with Crippen molar-refractivity contribution in [1.29, 1.82) is 0 Å². The zero-order valence-electron chi connectivity index (χ0n) is 16.9. The first-order chi connectivity index (χ1) is 15.1. The average Bonchev–Trinajstić information content (AvgIpc) is 3.14. The van der Waals surface area contributed by atoms with Crippen LogP contribution in [0.1, 0.15) is 22.2 Å². The number of rotatable bonds is 7. The van der Waals surface area contributed by atoms with Gasteiger partial charge >= 0.3 is 0 Å². The molecule has 3 aromatic carbocycles. The summed E-state index contributed by atoms with van der Waals surface area (Å²) in [5.41, 5.74) is 2.51. The number of aromatic nitrogens is 3. The molecule has 0 bridgehead atoms. The molecular formula is C24H21FN4OS. The molecule has 1 amide bonds. The highest BCUT2D eigenvalue weighted by Crippen LogP contribution is 2.36. The Labute approximate surface area is 184 Å². The lowest BCUT2D eigenvalue weighted by Gasteiger charge is -2.17. The maximum Gasteiger partial charge on any atom is 0.242 e. The third-order valence-electron chi connectivity index (χ3n) is 4.76. The standard InChI is InChI=1S/C24H21FN4OS/c1-17-27-28-24(29(17)16-18-8-4-2-5-9-18)31-22(19-10-6-3-7-11-19)23(30)26-21-14-12-20(25)13-15-21/h2-15,22H,16H2,1H3,(H,26,30). The van der Waals surface area contributed by atoms with Gasteiger partial charge in [0, 0.05) is 5.69 Å². The van der Waals surface area contributed by atoms with E-state index in [0.717, 1.165) is 17.0 Å². The molecule has 1 heterocycles. The monoisotopic (exact) mass is 432 g/mol. The first-order valence-corrected chi connectivity index (χ1v) is 10.7. The van der Waals surface area contributed by atoms with E-state index >= 15 is 0 Å². The van der Waals surface area contributed by atoms with E-state index in [4.69, 9.17) is 0 Å². The molecule has 156 valence electrons. The van der Waals surface area contributed by atoms with Crippen molar-refractivity contribution in [3.05, 3.63) is 108 Å². The van der Waals surface area contributed by atoms with E-state index in [2.05, 4.69) is 15.5 Å². The molecular weight excluding hydrogens is 411 g/mol. The van der Waals surface area contributed by atoms with E-state index in [0.29, 0.717) is 17.4 Å². The largest absolute Gasteiger partial charge is 0.325 e. The van der Waals surface area contributed by atoms with Gasteiger partial charge in [0.05, 0.1) is 6.54 Å². The molecule has 1 N–H and O–H groups in total. The van der Waals surface area contributed by atoms with Crippen molar-refractivity contribution in [2.75, 3.05) is 5.32 Å². The molecule has 5 nitrogen and oxygen atoms in total. The van der Waals surface area contributed by atoms with Crippen LogP contribution in [0.3, 0.4) is 0 Å². The number of nitrogens with one attached hydrogen (secondary N) is 1. The lowest BCUT2D eigenvalue weighted by atomic mass is 10.1. The molecule has 1 aromatic heterocycles. The molecule has 0 aliphatic carbocycles. The normalized spacial score (nSPS) is 11.8. The summed E-state index contributed by atoms with van der Waals surface area (Å²) in [7, 11) is 0. The number of nitrogens with zero attached hydrogens (tertiary/aromatic N) is 3. The third-order valence-corrected chi connectivity index (χ3v) is 6.00. The van der Waals surface area contributed by atoms with Gasteiger partial charge in [0.25, 0.3) is 0 Å². The summed E-state index contributed by atoms with van der Waals surface area (Å²) < 4.78 is 15.2. The molecule has 1 atom stereocenters. The Kier molecular flexibility index (Phi) is 6.43. The van der Waals surface area contributed by atoms with Crippen molar-refractivity contribution in [3.63, 3.8) is 0 Å². The molecule has 4 aromatic rings. The summed E-state index contributed by atoms with van der Waals surface area (Å²) in [5.74, 6) is 0.211. The quantitative estimate of drug-likeness (QED) is 0.406.